The molecule has 1 aromatic rings. The van der Waals surface area contributed by atoms with Gasteiger partial charge in [0.2, 0.25) is 0 Å². The van der Waals surface area contributed by atoms with Gasteiger partial charge in [-0.3, -0.25) is 0 Å². The van der Waals surface area contributed by atoms with Gasteiger partial charge in [-0.2, -0.15) is 0 Å². The smallest absolute Gasteiger partial charge is 0.0634 e. The molecule has 1 heterocycles. The number of halogens is 2. The maximum Gasteiger partial charge on any atom is 0.0634 e. The quantitative estimate of drug-likeness (QED) is 0.915. The normalized spacial score (nSPS) is 25.3. The third-order valence-corrected chi connectivity index (χ3v) is 4.19. The van der Waals surface area contributed by atoms with Gasteiger partial charge in [-0.25, -0.2) is 0 Å². The molecule has 0 aliphatic carbocycles. The van der Waals surface area contributed by atoms with Crippen molar-refractivity contribution in [3.05, 3.63) is 33.8 Å². The van der Waals surface area contributed by atoms with Gasteiger partial charge >= 0.3 is 0 Å². The SMILES string of the molecule is CCC1OCCC1C(O)Cc1ccc(Cl)cc1Cl. The lowest BCUT2D eigenvalue weighted by Crippen LogP contribution is -2.29. The minimum Gasteiger partial charge on any atom is -0.392 e. The molecule has 3 unspecified atom stereocenters. The Kier molecular flexibility index (Phi) is 4.91. The Labute approximate surface area is 118 Å². The highest BCUT2D eigenvalue weighted by Crippen LogP contribution is 2.30. The van der Waals surface area contributed by atoms with Gasteiger partial charge in [-0.1, -0.05) is 36.2 Å². The average Bonchev–Trinajstić information content (AvgIpc) is 2.81. The van der Waals surface area contributed by atoms with E-state index in [4.69, 9.17) is 27.9 Å². The topological polar surface area (TPSA) is 29.5 Å². The zero-order valence-electron chi connectivity index (χ0n) is 10.4. The largest absolute Gasteiger partial charge is 0.392 e. The van der Waals surface area contributed by atoms with Crippen molar-refractivity contribution in [2.75, 3.05) is 6.61 Å². The van der Waals surface area contributed by atoms with Crippen LogP contribution in [0.1, 0.15) is 25.3 Å². The van der Waals surface area contributed by atoms with Gasteiger partial charge in [0, 0.05) is 29.0 Å². The van der Waals surface area contributed by atoms with Crippen LogP contribution in [0.2, 0.25) is 10.0 Å². The van der Waals surface area contributed by atoms with Crippen LogP contribution in [0.25, 0.3) is 0 Å². The number of hydrogen-bond donors (Lipinski definition) is 1. The van der Waals surface area contributed by atoms with Crippen molar-refractivity contribution in [2.45, 2.75) is 38.4 Å². The number of aliphatic hydroxyl groups is 1. The Morgan fingerprint density at radius 2 is 2.22 bits per heavy atom. The van der Waals surface area contributed by atoms with Gasteiger partial charge in [0.05, 0.1) is 12.2 Å². The van der Waals surface area contributed by atoms with E-state index in [2.05, 4.69) is 6.92 Å². The monoisotopic (exact) mass is 288 g/mol. The van der Waals surface area contributed by atoms with E-state index in [9.17, 15) is 5.11 Å². The minimum atomic E-state index is -0.406. The molecule has 4 heteroatoms. The van der Waals surface area contributed by atoms with E-state index in [0.29, 0.717) is 16.5 Å². The number of hydrogen-bond acceptors (Lipinski definition) is 2. The molecule has 2 rings (SSSR count). The zero-order valence-corrected chi connectivity index (χ0v) is 11.9. The van der Waals surface area contributed by atoms with E-state index in [1.807, 2.05) is 6.07 Å². The highest BCUT2D eigenvalue weighted by atomic mass is 35.5. The van der Waals surface area contributed by atoms with Crippen LogP contribution in [-0.4, -0.2) is 23.9 Å². The molecule has 0 amide bonds. The van der Waals surface area contributed by atoms with E-state index >= 15 is 0 Å². The second-order valence-electron chi connectivity index (χ2n) is 4.78. The molecule has 1 aliphatic rings. The van der Waals surface area contributed by atoms with E-state index in [-0.39, 0.29) is 12.0 Å². The van der Waals surface area contributed by atoms with Gasteiger partial charge in [0.25, 0.3) is 0 Å². The fraction of sp³-hybridized carbons (Fsp3) is 0.571. The summed E-state index contributed by atoms with van der Waals surface area (Å²) in [6, 6.07) is 5.40. The van der Waals surface area contributed by atoms with Gasteiger partial charge in [0.1, 0.15) is 0 Å². The Bertz CT molecular complexity index is 409. The molecule has 100 valence electrons. The summed E-state index contributed by atoms with van der Waals surface area (Å²) in [6.45, 7) is 2.83. The summed E-state index contributed by atoms with van der Waals surface area (Å²) in [7, 11) is 0. The van der Waals surface area contributed by atoms with E-state index in [0.717, 1.165) is 25.0 Å². The molecule has 1 saturated heterocycles. The van der Waals surface area contributed by atoms with Crippen molar-refractivity contribution in [1.82, 2.24) is 0 Å². The van der Waals surface area contributed by atoms with Crippen molar-refractivity contribution in [3.63, 3.8) is 0 Å². The van der Waals surface area contributed by atoms with Crippen LogP contribution in [0.15, 0.2) is 18.2 Å². The van der Waals surface area contributed by atoms with Crippen LogP contribution in [0.3, 0.4) is 0 Å². The average molecular weight is 289 g/mol. The summed E-state index contributed by atoms with van der Waals surface area (Å²) < 4.78 is 5.61. The molecular weight excluding hydrogens is 271 g/mol. The molecule has 0 spiro atoms. The summed E-state index contributed by atoms with van der Waals surface area (Å²) >= 11 is 12.0. The van der Waals surface area contributed by atoms with Crippen molar-refractivity contribution in [2.24, 2.45) is 5.92 Å². The standard InChI is InChI=1S/C14H18Cl2O2/c1-2-14-11(5-6-18-14)13(17)7-9-3-4-10(15)8-12(9)16/h3-4,8,11,13-14,17H,2,5-7H2,1H3. The van der Waals surface area contributed by atoms with Crippen LogP contribution in [0, 0.1) is 5.92 Å². The zero-order chi connectivity index (χ0) is 13.1. The lowest BCUT2D eigenvalue weighted by atomic mass is 9.89. The molecule has 3 atom stereocenters. The molecule has 1 aliphatic heterocycles. The fourth-order valence-electron chi connectivity index (χ4n) is 2.59. The Morgan fingerprint density at radius 3 is 2.89 bits per heavy atom. The summed E-state index contributed by atoms with van der Waals surface area (Å²) in [5.74, 6) is 0.210. The van der Waals surface area contributed by atoms with Gasteiger partial charge in [0.15, 0.2) is 0 Å². The molecule has 0 aromatic heterocycles. The maximum atomic E-state index is 10.3. The molecule has 0 bridgehead atoms. The molecular formula is C14H18Cl2O2. The Hall–Kier alpha value is -0.280. The maximum absolute atomic E-state index is 10.3. The summed E-state index contributed by atoms with van der Waals surface area (Å²) in [5.41, 5.74) is 0.940. The molecule has 0 radical (unpaired) electrons. The summed E-state index contributed by atoms with van der Waals surface area (Å²) in [5, 5.41) is 11.6. The predicted octanol–water partition coefficient (Wildman–Crippen LogP) is 3.71. The highest BCUT2D eigenvalue weighted by molar-refractivity contribution is 6.35. The first-order valence-corrected chi connectivity index (χ1v) is 7.11. The van der Waals surface area contributed by atoms with Crippen molar-refractivity contribution >= 4 is 23.2 Å². The van der Waals surface area contributed by atoms with E-state index in [1.54, 1.807) is 12.1 Å². The number of rotatable bonds is 4. The lowest BCUT2D eigenvalue weighted by Gasteiger charge is -2.23. The van der Waals surface area contributed by atoms with Crippen molar-refractivity contribution in [1.29, 1.82) is 0 Å². The third-order valence-electron chi connectivity index (χ3n) is 3.60. The highest BCUT2D eigenvalue weighted by Gasteiger charge is 2.32. The fourth-order valence-corrected chi connectivity index (χ4v) is 3.08. The molecule has 0 saturated carbocycles. The van der Waals surface area contributed by atoms with Crippen LogP contribution < -0.4 is 0 Å². The van der Waals surface area contributed by atoms with Crippen LogP contribution in [0.5, 0.6) is 0 Å². The van der Waals surface area contributed by atoms with E-state index in [1.165, 1.54) is 0 Å². The second kappa shape index (κ2) is 6.25. The van der Waals surface area contributed by atoms with Crippen LogP contribution in [0.4, 0.5) is 0 Å². The molecule has 1 fully saturated rings. The first kappa shape index (κ1) is 14.1. The molecule has 2 nitrogen and oxygen atoms in total. The molecule has 1 aromatic carbocycles. The van der Waals surface area contributed by atoms with E-state index < -0.39 is 6.10 Å². The van der Waals surface area contributed by atoms with Gasteiger partial charge in [-0.05, 0) is 30.5 Å². The molecule has 1 N–H and O–H groups in total. The predicted molar refractivity (Wildman–Crippen MR) is 74.3 cm³/mol. The van der Waals surface area contributed by atoms with Crippen molar-refractivity contribution < 1.29 is 9.84 Å². The second-order valence-corrected chi connectivity index (χ2v) is 5.62. The first-order valence-electron chi connectivity index (χ1n) is 6.35. The van der Waals surface area contributed by atoms with Crippen LogP contribution in [-0.2, 0) is 11.2 Å². The lowest BCUT2D eigenvalue weighted by molar-refractivity contribution is 0.0318. The van der Waals surface area contributed by atoms with Crippen molar-refractivity contribution in [3.8, 4) is 0 Å². The minimum absolute atomic E-state index is 0.172. The van der Waals surface area contributed by atoms with Crippen LogP contribution >= 0.6 is 23.2 Å². The van der Waals surface area contributed by atoms with Gasteiger partial charge < -0.3 is 9.84 Å². The Morgan fingerprint density at radius 1 is 1.44 bits per heavy atom. The Balaban J connectivity index is 2.04. The first-order chi connectivity index (χ1) is 8.61. The van der Waals surface area contributed by atoms with Gasteiger partial charge in [-0.15, -0.1) is 0 Å². The molecule has 18 heavy (non-hydrogen) atoms. The summed E-state index contributed by atoms with van der Waals surface area (Å²) in [4.78, 5) is 0. The third kappa shape index (κ3) is 3.18. The summed E-state index contributed by atoms with van der Waals surface area (Å²) in [6.07, 6.45) is 2.18. The number of aliphatic hydroxyl groups excluding tert-OH is 1. The number of ether oxygens (including phenoxy) is 1. The number of benzene rings is 1.